The Morgan fingerprint density at radius 2 is 2.36 bits per heavy atom. The molecule has 1 aliphatic carbocycles. The quantitative estimate of drug-likeness (QED) is 0.787. The molecule has 0 bridgehead atoms. The molecule has 3 heteroatoms. The van der Waals surface area contributed by atoms with Gasteiger partial charge in [-0.25, -0.2) is 0 Å². The lowest BCUT2D eigenvalue weighted by molar-refractivity contribution is 0.0765. The van der Waals surface area contributed by atoms with E-state index in [-0.39, 0.29) is 11.8 Å². The van der Waals surface area contributed by atoms with Gasteiger partial charge in [0.25, 0.3) is 0 Å². The predicted molar refractivity (Wildman–Crippen MR) is 55.2 cm³/mol. The van der Waals surface area contributed by atoms with E-state index >= 15 is 0 Å². The summed E-state index contributed by atoms with van der Waals surface area (Å²) in [6.45, 7) is 0.641. The summed E-state index contributed by atoms with van der Waals surface area (Å²) in [7, 11) is 0. The smallest absolute Gasteiger partial charge is 0.233 e. The minimum absolute atomic E-state index is 0.250. The molecule has 3 nitrogen and oxygen atoms in total. The molecule has 0 radical (unpaired) electrons. The number of rotatable bonds is 3. The van der Waals surface area contributed by atoms with Gasteiger partial charge in [0.1, 0.15) is 0 Å². The van der Waals surface area contributed by atoms with Gasteiger partial charge in [0.15, 0.2) is 0 Å². The molecule has 2 rings (SSSR count). The number of aromatic nitrogens is 1. The van der Waals surface area contributed by atoms with Crippen LogP contribution in [-0.4, -0.2) is 17.0 Å². The summed E-state index contributed by atoms with van der Waals surface area (Å²) in [6.07, 6.45) is 7.93. The highest BCUT2D eigenvalue weighted by Gasteiger charge is 2.26. The number of nitrogens with two attached hydrogens (primary N) is 1. The van der Waals surface area contributed by atoms with E-state index in [9.17, 15) is 4.79 Å². The van der Waals surface area contributed by atoms with Crippen LogP contribution in [0.3, 0.4) is 0 Å². The highest BCUT2D eigenvalue weighted by Crippen LogP contribution is 2.27. The first-order valence-corrected chi connectivity index (χ1v) is 5.22. The van der Waals surface area contributed by atoms with Crippen molar-refractivity contribution in [1.82, 2.24) is 4.57 Å². The van der Waals surface area contributed by atoms with Crippen molar-refractivity contribution >= 4 is 5.91 Å². The molecule has 1 aromatic rings. The summed E-state index contributed by atoms with van der Waals surface area (Å²) in [6, 6.07) is 1.98. The molecular weight excluding hydrogens is 176 g/mol. The predicted octanol–water partition coefficient (Wildman–Crippen LogP) is 1.43. The van der Waals surface area contributed by atoms with Gasteiger partial charge >= 0.3 is 0 Å². The van der Waals surface area contributed by atoms with Crippen LogP contribution in [0.15, 0.2) is 18.5 Å². The Bertz CT molecular complexity index is 326. The van der Waals surface area contributed by atoms with Crippen LogP contribution in [0.2, 0.25) is 0 Å². The normalized spacial score (nSPS) is 16.6. The average Bonchev–Trinajstić information content (AvgIpc) is 2.50. The monoisotopic (exact) mass is 192 g/mol. The minimum Gasteiger partial charge on any atom is -0.330 e. The van der Waals surface area contributed by atoms with Crippen LogP contribution in [0, 0.1) is 5.92 Å². The van der Waals surface area contributed by atoms with Gasteiger partial charge in [0, 0.05) is 18.3 Å². The molecule has 76 valence electrons. The Kier molecular flexibility index (Phi) is 2.68. The second-order valence-corrected chi connectivity index (χ2v) is 3.93. The number of nitrogens with zero attached hydrogens (tertiary/aromatic N) is 1. The molecule has 0 unspecified atom stereocenters. The second kappa shape index (κ2) is 3.96. The molecule has 0 saturated heterocycles. The third-order valence-electron chi connectivity index (χ3n) is 2.90. The largest absolute Gasteiger partial charge is 0.330 e. The van der Waals surface area contributed by atoms with Gasteiger partial charge in [-0.1, -0.05) is 6.42 Å². The molecule has 0 atom stereocenters. The van der Waals surface area contributed by atoms with Crippen LogP contribution in [0.25, 0.3) is 0 Å². The third-order valence-corrected chi connectivity index (χ3v) is 2.90. The Balaban J connectivity index is 2.04. The first kappa shape index (κ1) is 9.46. The third kappa shape index (κ3) is 1.73. The number of hydrogen-bond donors (Lipinski definition) is 1. The van der Waals surface area contributed by atoms with E-state index in [4.69, 9.17) is 5.73 Å². The average molecular weight is 192 g/mol. The van der Waals surface area contributed by atoms with Gasteiger partial charge in [0.05, 0.1) is 0 Å². The van der Waals surface area contributed by atoms with E-state index in [0.717, 1.165) is 24.8 Å². The maximum Gasteiger partial charge on any atom is 0.233 e. The highest BCUT2D eigenvalue weighted by molar-refractivity contribution is 5.82. The summed E-state index contributed by atoms with van der Waals surface area (Å²) in [5.41, 5.74) is 6.60. The lowest BCUT2D eigenvalue weighted by Gasteiger charge is -2.23. The van der Waals surface area contributed by atoms with Crippen LogP contribution >= 0.6 is 0 Å². The molecule has 1 aromatic heterocycles. The summed E-state index contributed by atoms with van der Waals surface area (Å²) >= 11 is 0. The minimum atomic E-state index is 0.250. The zero-order valence-electron chi connectivity index (χ0n) is 8.28. The van der Waals surface area contributed by atoms with E-state index in [1.807, 2.05) is 18.5 Å². The zero-order valence-corrected chi connectivity index (χ0v) is 8.28. The lowest BCUT2D eigenvalue weighted by atomic mass is 9.85. The van der Waals surface area contributed by atoms with Gasteiger partial charge in [-0.3, -0.25) is 9.36 Å². The van der Waals surface area contributed by atoms with Crippen molar-refractivity contribution in [3.8, 4) is 0 Å². The molecular formula is C11H16N2O. The van der Waals surface area contributed by atoms with Gasteiger partial charge in [0.2, 0.25) is 5.91 Å². The first-order chi connectivity index (χ1) is 6.81. The van der Waals surface area contributed by atoms with Crippen molar-refractivity contribution in [1.29, 1.82) is 0 Å². The van der Waals surface area contributed by atoms with Gasteiger partial charge in [-0.15, -0.1) is 0 Å². The number of hydrogen-bond acceptors (Lipinski definition) is 2. The van der Waals surface area contributed by atoms with Crippen molar-refractivity contribution in [3.05, 3.63) is 24.0 Å². The number of carbonyl (C=O) groups is 1. The van der Waals surface area contributed by atoms with E-state index in [1.54, 1.807) is 4.57 Å². The van der Waals surface area contributed by atoms with Gasteiger partial charge in [-0.05, 0) is 37.4 Å². The Labute approximate surface area is 83.9 Å². The second-order valence-electron chi connectivity index (χ2n) is 3.93. The molecule has 0 amide bonds. The maximum absolute atomic E-state index is 11.8. The SMILES string of the molecule is NCCc1ccn(C(=O)C2CCC2)c1. The zero-order chi connectivity index (χ0) is 9.97. The topological polar surface area (TPSA) is 48.0 Å². The standard InChI is InChI=1S/C11H16N2O/c12-6-4-9-5-7-13(8-9)11(14)10-2-1-3-10/h5,7-8,10H,1-4,6,12H2. The molecule has 1 fully saturated rings. The van der Waals surface area contributed by atoms with Crippen LogP contribution < -0.4 is 5.73 Å². The summed E-state index contributed by atoms with van der Waals surface area (Å²) in [5.74, 6) is 0.521. The molecule has 1 aliphatic rings. The Morgan fingerprint density at radius 1 is 1.57 bits per heavy atom. The van der Waals surface area contributed by atoms with Gasteiger partial charge in [-0.2, -0.15) is 0 Å². The van der Waals surface area contributed by atoms with Crippen molar-refractivity contribution < 1.29 is 4.79 Å². The highest BCUT2D eigenvalue weighted by atomic mass is 16.2. The number of carbonyl (C=O) groups excluding carboxylic acids is 1. The van der Waals surface area contributed by atoms with Crippen LogP contribution in [0.1, 0.15) is 29.6 Å². The Hall–Kier alpha value is -1.09. The van der Waals surface area contributed by atoms with Crippen LogP contribution in [-0.2, 0) is 6.42 Å². The van der Waals surface area contributed by atoms with Crippen molar-refractivity contribution in [3.63, 3.8) is 0 Å². The van der Waals surface area contributed by atoms with Crippen LogP contribution in [0.5, 0.6) is 0 Å². The summed E-state index contributed by atoms with van der Waals surface area (Å²) in [4.78, 5) is 11.8. The van der Waals surface area contributed by atoms with Crippen molar-refractivity contribution in [2.24, 2.45) is 11.7 Å². The fraction of sp³-hybridized carbons (Fsp3) is 0.545. The van der Waals surface area contributed by atoms with Crippen LogP contribution in [0.4, 0.5) is 0 Å². The maximum atomic E-state index is 11.8. The van der Waals surface area contributed by atoms with E-state index in [2.05, 4.69) is 0 Å². The molecule has 0 aromatic carbocycles. The first-order valence-electron chi connectivity index (χ1n) is 5.22. The molecule has 14 heavy (non-hydrogen) atoms. The van der Waals surface area contributed by atoms with E-state index < -0.39 is 0 Å². The van der Waals surface area contributed by atoms with E-state index in [1.165, 1.54) is 6.42 Å². The fourth-order valence-corrected chi connectivity index (χ4v) is 1.76. The fourth-order valence-electron chi connectivity index (χ4n) is 1.76. The summed E-state index contributed by atoms with van der Waals surface area (Å²) < 4.78 is 1.72. The molecule has 0 spiro atoms. The lowest BCUT2D eigenvalue weighted by Crippen LogP contribution is -2.26. The molecule has 1 saturated carbocycles. The molecule has 2 N–H and O–H groups in total. The Morgan fingerprint density at radius 3 is 2.93 bits per heavy atom. The van der Waals surface area contributed by atoms with Gasteiger partial charge < -0.3 is 5.73 Å². The summed E-state index contributed by atoms with van der Waals surface area (Å²) in [5, 5.41) is 0. The molecule has 0 aliphatic heterocycles. The van der Waals surface area contributed by atoms with Crippen molar-refractivity contribution in [2.75, 3.05) is 6.54 Å². The van der Waals surface area contributed by atoms with Crippen molar-refractivity contribution in [2.45, 2.75) is 25.7 Å². The molecule has 1 heterocycles. The van der Waals surface area contributed by atoms with E-state index in [0.29, 0.717) is 6.54 Å².